The highest BCUT2D eigenvalue weighted by molar-refractivity contribution is 6.05. The molecule has 0 aromatic heterocycles. The maximum absolute atomic E-state index is 11.9. The maximum atomic E-state index is 11.9. The van der Waals surface area contributed by atoms with Crippen molar-refractivity contribution in [1.82, 2.24) is 10.6 Å². The van der Waals surface area contributed by atoms with E-state index in [-0.39, 0.29) is 0 Å². The predicted molar refractivity (Wildman–Crippen MR) is 66.1 cm³/mol. The van der Waals surface area contributed by atoms with Crippen LogP contribution in [0.5, 0.6) is 0 Å². The highest BCUT2D eigenvalue weighted by Crippen LogP contribution is 2.11. The topological polar surface area (TPSA) is 70.7 Å². The molecule has 96 valence electrons. The van der Waals surface area contributed by atoms with Gasteiger partial charge in [0, 0.05) is 13.1 Å². The van der Waals surface area contributed by atoms with Gasteiger partial charge in [-0.3, -0.25) is 4.79 Å². The molecule has 1 aliphatic heterocycles. The minimum Gasteiger partial charge on any atom is -0.356 e. The molecule has 6 heteroatoms. The second-order valence-corrected chi connectivity index (χ2v) is 3.82. The Morgan fingerprint density at radius 1 is 1.44 bits per heavy atom. The zero-order valence-electron chi connectivity index (χ0n) is 9.83. The molecule has 6 nitrogen and oxygen atoms in total. The number of benzene rings is 1. The molecule has 2 N–H and O–H groups in total. The zero-order valence-corrected chi connectivity index (χ0v) is 9.83. The van der Waals surface area contributed by atoms with Crippen LogP contribution in [0.2, 0.25) is 0 Å². The summed E-state index contributed by atoms with van der Waals surface area (Å²) >= 11 is 0. The summed E-state index contributed by atoms with van der Waals surface area (Å²) in [6.07, 6.45) is 0.0819. The number of anilines is 1. The number of nitrogens with zero attached hydrogens (tertiary/aromatic N) is 1. The van der Waals surface area contributed by atoms with E-state index < -0.39 is 12.3 Å². The number of rotatable bonds is 3. The molecule has 0 spiro atoms. The third-order valence-electron chi connectivity index (χ3n) is 2.57. The molecule has 0 radical (unpaired) electrons. The van der Waals surface area contributed by atoms with Crippen molar-refractivity contribution >= 4 is 18.1 Å². The van der Waals surface area contributed by atoms with E-state index in [2.05, 4.69) is 10.6 Å². The second kappa shape index (κ2) is 6.13. The first kappa shape index (κ1) is 12.5. The number of amides is 3. The van der Waals surface area contributed by atoms with Crippen molar-refractivity contribution in [2.24, 2.45) is 0 Å². The molecule has 3 amide bonds. The van der Waals surface area contributed by atoms with Gasteiger partial charge in [0.15, 0.2) is 0 Å². The number of para-hydroxylation sites is 1. The SMILES string of the molecule is O=CN(C(=O)NC1CNCCO1)c1ccccc1. The number of hydrogen-bond donors (Lipinski definition) is 2. The van der Waals surface area contributed by atoms with E-state index >= 15 is 0 Å². The molecule has 0 saturated carbocycles. The zero-order chi connectivity index (χ0) is 12.8. The van der Waals surface area contributed by atoms with Gasteiger partial charge in [0.05, 0.1) is 12.3 Å². The molecule has 1 unspecified atom stereocenters. The fourth-order valence-electron chi connectivity index (χ4n) is 1.68. The Kier molecular flexibility index (Phi) is 4.27. The van der Waals surface area contributed by atoms with E-state index in [0.29, 0.717) is 25.2 Å². The van der Waals surface area contributed by atoms with Crippen molar-refractivity contribution in [2.45, 2.75) is 6.23 Å². The molecule has 0 aliphatic carbocycles. The molecule has 1 aromatic rings. The minimum atomic E-state index is -0.495. The van der Waals surface area contributed by atoms with Crippen LogP contribution >= 0.6 is 0 Å². The summed E-state index contributed by atoms with van der Waals surface area (Å²) < 4.78 is 5.34. The lowest BCUT2D eigenvalue weighted by Gasteiger charge is -2.26. The number of ether oxygens (including phenoxy) is 1. The quantitative estimate of drug-likeness (QED) is 0.756. The Morgan fingerprint density at radius 2 is 2.22 bits per heavy atom. The molecule has 1 fully saturated rings. The van der Waals surface area contributed by atoms with Gasteiger partial charge in [-0.05, 0) is 12.1 Å². The summed E-state index contributed by atoms with van der Waals surface area (Å²) in [7, 11) is 0. The lowest BCUT2D eigenvalue weighted by Crippen LogP contribution is -2.52. The van der Waals surface area contributed by atoms with E-state index in [1.165, 1.54) is 0 Å². The van der Waals surface area contributed by atoms with Crippen LogP contribution in [0, 0.1) is 0 Å². The van der Waals surface area contributed by atoms with E-state index in [1.807, 2.05) is 6.07 Å². The number of imide groups is 1. The molecule has 1 atom stereocenters. The number of carbonyl (C=O) groups excluding carboxylic acids is 2. The first-order valence-electron chi connectivity index (χ1n) is 5.73. The molecule has 1 aromatic carbocycles. The summed E-state index contributed by atoms with van der Waals surface area (Å²) in [5.41, 5.74) is 0.522. The van der Waals surface area contributed by atoms with Crippen LogP contribution in [0.4, 0.5) is 10.5 Å². The van der Waals surface area contributed by atoms with Crippen LogP contribution in [0.1, 0.15) is 0 Å². The average molecular weight is 249 g/mol. The smallest absolute Gasteiger partial charge is 0.330 e. The predicted octanol–water partition coefficient (Wildman–Crippen LogP) is 0.305. The summed E-state index contributed by atoms with van der Waals surface area (Å²) in [6, 6.07) is 8.22. The molecule has 18 heavy (non-hydrogen) atoms. The normalized spacial score (nSPS) is 19.0. The number of urea groups is 1. The Morgan fingerprint density at radius 3 is 2.83 bits per heavy atom. The molecular formula is C12H15N3O3. The molecule has 1 saturated heterocycles. The highest BCUT2D eigenvalue weighted by atomic mass is 16.5. The van der Waals surface area contributed by atoms with Gasteiger partial charge in [-0.2, -0.15) is 0 Å². The van der Waals surface area contributed by atoms with Gasteiger partial charge in [0.1, 0.15) is 6.23 Å². The maximum Gasteiger partial charge on any atom is 0.330 e. The summed E-state index contributed by atoms with van der Waals surface area (Å²) in [5, 5.41) is 5.73. The first-order chi connectivity index (χ1) is 8.81. The molecule has 2 rings (SSSR count). The van der Waals surface area contributed by atoms with Crippen LogP contribution in [0.15, 0.2) is 30.3 Å². The van der Waals surface area contributed by atoms with E-state index in [9.17, 15) is 9.59 Å². The Balaban J connectivity index is 1.99. The monoisotopic (exact) mass is 249 g/mol. The second-order valence-electron chi connectivity index (χ2n) is 3.82. The van der Waals surface area contributed by atoms with Crippen molar-refractivity contribution in [3.8, 4) is 0 Å². The largest absolute Gasteiger partial charge is 0.356 e. The van der Waals surface area contributed by atoms with Crippen LogP contribution in [-0.4, -0.2) is 38.4 Å². The standard InChI is InChI=1S/C12H15N3O3/c16-9-15(10-4-2-1-3-5-10)12(17)14-11-8-13-6-7-18-11/h1-5,9,11,13H,6-8H2,(H,14,17). The Bertz CT molecular complexity index is 404. The summed E-state index contributed by atoms with van der Waals surface area (Å²) in [4.78, 5) is 23.9. The number of carbonyl (C=O) groups is 2. The average Bonchev–Trinajstić information content (AvgIpc) is 2.42. The third kappa shape index (κ3) is 3.06. The molecule has 0 bridgehead atoms. The van der Waals surface area contributed by atoms with E-state index in [4.69, 9.17) is 4.74 Å². The molecule has 1 aliphatic rings. The van der Waals surface area contributed by atoms with Crippen LogP contribution < -0.4 is 15.5 Å². The van der Waals surface area contributed by atoms with Crippen LogP contribution in [0.3, 0.4) is 0 Å². The third-order valence-corrected chi connectivity index (χ3v) is 2.57. The van der Waals surface area contributed by atoms with Crippen molar-refractivity contribution < 1.29 is 14.3 Å². The number of nitrogens with one attached hydrogen (secondary N) is 2. The molecule has 1 heterocycles. The fraction of sp³-hybridized carbons (Fsp3) is 0.333. The van der Waals surface area contributed by atoms with Gasteiger partial charge in [-0.15, -0.1) is 0 Å². The number of hydrogen-bond acceptors (Lipinski definition) is 4. The van der Waals surface area contributed by atoms with Crippen LogP contribution in [0.25, 0.3) is 0 Å². The fourth-order valence-corrected chi connectivity index (χ4v) is 1.68. The molecular weight excluding hydrogens is 234 g/mol. The lowest BCUT2D eigenvalue weighted by atomic mass is 10.3. The van der Waals surface area contributed by atoms with Gasteiger partial charge < -0.3 is 15.4 Å². The summed E-state index contributed by atoms with van der Waals surface area (Å²) in [5.74, 6) is 0. The van der Waals surface area contributed by atoms with Crippen molar-refractivity contribution in [3.63, 3.8) is 0 Å². The van der Waals surface area contributed by atoms with Gasteiger partial charge in [0.25, 0.3) is 0 Å². The van der Waals surface area contributed by atoms with Crippen LogP contribution in [-0.2, 0) is 9.53 Å². The van der Waals surface area contributed by atoms with Crippen molar-refractivity contribution in [1.29, 1.82) is 0 Å². The van der Waals surface area contributed by atoms with Crippen molar-refractivity contribution in [2.75, 3.05) is 24.6 Å². The van der Waals surface area contributed by atoms with Gasteiger partial charge in [-0.1, -0.05) is 18.2 Å². The van der Waals surface area contributed by atoms with E-state index in [1.54, 1.807) is 24.3 Å². The Labute approximate surface area is 105 Å². The first-order valence-corrected chi connectivity index (χ1v) is 5.73. The van der Waals surface area contributed by atoms with Gasteiger partial charge in [-0.25, -0.2) is 9.69 Å². The lowest BCUT2D eigenvalue weighted by molar-refractivity contribution is -0.106. The highest BCUT2D eigenvalue weighted by Gasteiger charge is 2.20. The van der Waals surface area contributed by atoms with Gasteiger partial charge >= 0.3 is 6.03 Å². The summed E-state index contributed by atoms with van der Waals surface area (Å²) in [6.45, 7) is 1.84. The minimum absolute atomic E-state index is 0.405. The van der Waals surface area contributed by atoms with Crippen molar-refractivity contribution in [3.05, 3.63) is 30.3 Å². The van der Waals surface area contributed by atoms with E-state index in [0.717, 1.165) is 11.4 Å². The Hall–Kier alpha value is -1.92. The van der Waals surface area contributed by atoms with Gasteiger partial charge in [0.2, 0.25) is 6.41 Å². The number of morpholine rings is 1.